The van der Waals surface area contributed by atoms with Crippen molar-refractivity contribution in [3.8, 4) is 78.8 Å². The zero-order chi connectivity index (χ0) is 90.0. The molecule has 0 aliphatic rings. The van der Waals surface area contributed by atoms with Crippen molar-refractivity contribution in [3.05, 3.63) is 386 Å². The zero-order valence-corrected chi connectivity index (χ0v) is 79.3. The van der Waals surface area contributed by atoms with Gasteiger partial charge in [0.2, 0.25) is 11.8 Å². The number of fused-ring (bicyclic) bond motifs is 18. The molecule has 0 saturated carbocycles. The number of para-hydroxylation sites is 4. The summed E-state index contributed by atoms with van der Waals surface area (Å²) in [6.07, 6.45) is 9.48. The minimum absolute atomic E-state index is 0. The first-order chi connectivity index (χ1) is 63.9. The monoisotopic (exact) mass is 1900 g/mol. The fourth-order valence-electron chi connectivity index (χ4n) is 18.5. The molecule has 13 aromatic carbocycles. The van der Waals surface area contributed by atoms with Gasteiger partial charge >= 0.3 is 21.1 Å². The van der Waals surface area contributed by atoms with Crippen molar-refractivity contribution >= 4 is 98.0 Å². The summed E-state index contributed by atoms with van der Waals surface area (Å²) in [6, 6.07) is 122. The molecule has 3 unspecified atom stereocenters. The number of nitrogens with zero attached hydrogens (tertiary/aromatic N) is 10. The summed E-state index contributed by atoms with van der Waals surface area (Å²) in [7, 11) is 0. The van der Waals surface area contributed by atoms with E-state index in [1.807, 2.05) is 64.7 Å². The van der Waals surface area contributed by atoms with Crippen LogP contribution in [0, 0.1) is 50.7 Å². The number of rotatable bonds is 19. The van der Waals surface area contributed by atoms with Gasteiger partial charge < -0.3 is 18.3 Å². The van der Waals surface area contributed by atoms with Gasteiger partial charge in [0.05, 0.1) is 45.4 Å². The van der Waals surface area contributed by atoms with Crippen molar-refractivity contribution in [2.45, 2.75) is 127 Å². The fourth-order valence-corrected chi connectivity index (χ4v) is 18.5. The van der Waals surface area contributed by atoms with E-state index in [1.54, 1.807) is 0 Å². The molecule has 132 heavy (non-hydrogen) atoms. The van der Waals surface area contributed by atoms with E-state index in [0.29, 0.717) is 30.2 Å². The van der Waals surface area contributed by atoms with Gasteiger partial charge in [-0.1, -0.05) is 309 Å². The number of hydrogen-bond donors (Lipinski definition) is 0. The fraction of sp³-hybridized carbons (Fsp3) is 0.193. The first-order valence-electron chi connectivity index (χ1n) is 46.2. The van der Waals surface area contributed by atoms with Crippen LogP contribution in [0.1, 0.15) is 121 Å². The molecular weight excluding hydrogens is 1800 g/mol. The maximum absolute atomic E-state index is 5.97. The summed E-state index contributed by atoms with van der Waals surface area (Å²) in [4.78, 5) is 9.51. The van der Waals surface area contributed by atoms with Gasteiger partial charge in [-0.25, -0.2) is 0 Å². The van der Waals surface area contributed by atoms with Crippen molar-refractivity contribution in [2.75, 3.05) is 6.61 Å². The van der Waals surface area contributed by atoms with Crippen molar-refractivity contribution in [3.63, 3.8) is 0 Å². The Bertz CT molecular complexity index is 7670. The Morgan fingerprint density at radius 3 is 1.14 bits per heavy atom. The molecule has 0 spiro atoms. The van der Waals surface area contributed by atoms with Gasteiger partial charge in [-0.15, -0.1) is 21.3 Å². The van der Waals surface area contributed by atoms with Gasteiger partial charge in [-0.3, -0.25) is 19.0 Å². The van der Waals surface area contributed by atoms with Gasteiger partial charge in [-0.05, 0) is 220 Å². The average Bonchev–Trinajstić information content (AvgIpc) is 1.65. The van der Waals surface area contributed by atoms with Crippen LogP contribution in [0.25, 0.3) is 177 Å². The second kappa shape index (κ2) is 38.6. The van der Waals surface area contributed by atoms with Gasteiger partial charge in [0.15, 0.2) is 0 Å². The minimum Gasteiger partial charge on any atom is -0.416 e. The molecule has 0 bridgehead atoms. The summed E-state index contributed by atoms with van der Waals surface area (Å²) in [5.74, 6) is 3.05. The third kappa shape index (κ3) is 17.9. The van der Waals surface area contributed by atoms with E-state index in [9.17, 15) is 0 Å². The summed E-state index contributed by atoms with van der Waals surface area (Å²) < 4.78 is 20.7. The second-order valence-corrected chi connectivity index (χ2v) is 36.3. The van der Waals surface area contributed by atoms with E-state index in [1.165, 1.54) is 128 Å². The van der Waals surface area contributed by atoms with Gasteiger partial charge in [0.1, 0.15) is 0 Å². The molecule has 0 radical (unpaired) electrons. The van der Waals surface area contributed by atoms with Crippen LogP contribution in [0.2, 0.25) is 0 Å². The molecule has 0 fully saturated rings. The van der Waals surface area contributed by atoms with Crippen molar-refractivity contribution < 1.29 is 30.2 Å². The molecule has 9 aromatic heterocycles. The molecule has 22 aromatic rings. The number of benzene rings is 13. The van der Waals surface area contributed by atoms with Crippen LogP contribution in [-0.2, 0) is 50.7 Å². The third-order valence-electron chi connectivity index (χ3n) is 26.2. The van der Waals surface area contributed by atoms with Crippen molar-refractivity contribution in [1.82, 2.24) is 48.5 Å². The van der Waals surface area contributed by atoms with Crippen LogP contribution in [-0.4, -0.2) is 55.1 Å². The topological polar surface area (TPSA) is 118 Å². The first kappa shape index (κ1) is 88.6. The Labute approximate surface area is 787 Å². The molecule has 0 N–H and O–H groups in total. The molecule has 0 saturated heterocycles. The van der Waals surface area contributed by atoms with Gasteiger partial charge in [0, 0.05) is 80.1 Å². The van der Waals surface area contributed by atoms with Gasteiger partial charge in [-0.2, -0.15) is 46.6 Å². The molecule has 3 atom stereocenters. The molecule has 9 heterocycles. The average molecular weight is 1910 g/mol. The molecule has 0 aliphatic carbocycles. The molecule has 0 amide bonds. The number of hydrogen-bond acceptors (Lipinski definition) is 8. The number of pyridine rings is 4. The Kier molecular flexibility index (Phi) is 25.9. The van der Waals surface area contributed by atoms with Crippen LogP contribution in [0.5, 0.6) is 0 Å². The summed E-state index contributed by atoms with van der Waals surface area (Å²) in [5, 5.41) is 29.9. The number of aryl methyl sites for hydroxylation is 3. The van der Waals surface area contributed by atoms with Crippen molar-refractivity contribution in [1.29, 1.82) is 0 Å². The summed E-state index contributed by atoms with van der Waals surface area (Å²) >= 11 is 0. The zero-order valence-electron chi connectivity index (χ0n) is 77.0. The minimum atomic E-state index is 0. The molecule has 22 rings (SSSR count). The van der Waals surface area contributed by atoms with Gasteiger partial charge in [0.25, 0.3) is 0 Å². The van der Waals surface area contributed by atoms with Crippen LogP contribution in [0.4, 0.5) is 0 Å². The first-order valence-corrected chi connectivity index (χ1v) is 46.2. The van der Waals surface area contributed by atoms with E-state index in [-0.39, 0.29) is 26.5 Å². The number of ether oxygens (including phenoxy) is 1. The van der Waals surface area contributed by atoms with Crippen LogP contribution in [0.3, 0.4) is 0 Å². The second-order valence-electron chi connectivity index (χ2n) is 36.3. The molecule has 0 aliphatic heterocycles. The van der Waals surface area contributed by atoms with Crippen molar-refractivity contribution in [2.24, 2.45) is 17.8 Å². The Morgan fingerprint density at radius 1 is 0.364 bits per heavy atom. The summed E-state index contributed by atoms with van der Waals surface area (Å²) in [5.41, 5.74) is 30.9. The Hall–Kier alpha value is -14.0. The molecular formula is C119H108N10O2Pt. The standard InChI is InChI=1S/C41H34N2.C29H32N2O.C27H26N3O.C22H16N3.Pt/c1-3-28(2)24-29-20-22-30(23-21-29)31-25-32(42-38-16-8-4-12-34(38)35-13-5-9-17-39(35)42)27-33(26-31)43-40-18-10-6-14-36(40)37-15-7-11-19-41(37)43;1-6-20(2)19-21-7-9-22(10-8-21)23-11-13-24(14-12-23)27-30-31-28(32-27)25-15-17-26(18-16-25)29(3,4)5;1-4-18(2)16-31-17-20-12-13-21(19(3)29-20)23-10-7-11-26-27(23)24-9-6-5-8-22(24)25-14-15-28-30(25)26;1-14-10-11-16(15(2)24-14)18-8-5-9-21-22(18)19-7-4-3-6-17(19)20-12-13-23-25(20)21;/h4-23,25-28H,3,24H2,1-2H3;7-18,20H,6,19H2,1-5H3;5-10,12-15,18H,4,16-17H2,1-3H3;3-8,10-13H,1-2H3;/q;;2*-1;+2. The van der Waals surface area contributed by atoms with E-state index >= 15 is 0 Å². The molecule has 12 nitrogen and oxygen atoms in total. The number of aromatic nitrogens is 10. The van der Waals surface area contributed by atoms with Crippen LogP contribution >= 0.6 is 0 Å². The molecule has 13 heteroatoms. The van der Waals surface area contributed by atoms with E-state index < -0.39 is 0 Å². The van der Waals surface area contributed by atoms with E-state index in [0.717, 1.165) is 121 Å². The van der Waals surface area contributed by atoms with E-state index in [2.05, 4.69) is 408 Å². The predicted octanol–water partition coefficient (Wildman–Crippen LogP) is 30.6. The summed E-state index contributed by atoms with van der Waals surface area (Å²) in [6.45, 7) is 27.7. The largest absolute Gasteiger partial charge is 2.00 e. The smallest absolute Gasteiger partial charge is 0.416 e. The molecule has 656 valence electrons. The van der Waals surface area contributed by atoms with E-state index in [4.69, 9.17) is 14.1 Å². The van der Waals surface area contributed by atoms with Crippen LogP contribution in [0.15, 0.2) is 338 Å². The quantitative estimate of drug-likeness (QED) is 0.0580. The Balaban J connectivity index is 0.000000120. The normalized spacial score (nSPS) is 12.3. The maximum atomic E-state index is 5.97. The predicted molar refractivity (Wildman–Crippen MR) is 544 cm³/mol. The third-order valence-corrected chi connectivity index (χ3v) is 26.2. The Morgan fingerprint density at radius 2 is 0.735 bits per heavy atom. The maximum Gasteiger partial charge on any atom is 2.00 e. The SMILES string of the molecule is CCC(C)COCc1ccc(-c2cc[c-]c3c2c2ccccc2c2ccnn32)c(C)n1.CCC(C)Cc1ccc(-c2cc(-n3c4ccccc4c4ccccc43)cc(-n3c4ccccc4c4ccccc43)c2)cc1.CCC(C)Cc1ccc(-c2ccc(-c3nnc(-c4ccc(C(C)(C)C)cc4)o3)cc2)cc1.Cc1ccc(-c2cc[c-]c3c2c2ccccc2c2ccnn32)c(C)n1.[Pt+2]. The van der Waals surface area contributed by atoms with Crippen LogP contribution < -0.4 is 0 Å².